The number of carbonyl (C=O) groups is 2. The molecule has 0 aliphatic heterocycles. The molecule has 3 atom stereocenters. The first kappa shape index (κ1) is 15.0. The van der Waals surface area contributed by atoms with Gasteiger partial charge in [0.25, 0.3) is 0 Å². The summed E-state index contributed by atoms with van der Waals surface area (Å²) in [5, 5.41) is 13.0. The molecule has 110 valence electrons. The number of carboxylic acids is 1. The Hall–Kier alpha value is -1.43. The number of hydrogen-bond donors (Lipinski definition) is 2. The molecule has 1 aromatic rings. The average Bonchev–Trinajstić information content (AvgIpc) is 2.95. The zero-order valence-electron chi connectivity index (χ0n) is 12.0. The Bertz CT molecular complexity index is 526. The lowest BCUT2D eigenvalue weighted by molar-refractivity contribution is -0.141. The van der Waals surface area contributed by atoms with Crippen LogP contribution in [0.25, 0.3) is 0 Å². The third-order valence-corrected chi connectivity index (χ3v) is 5.10. The van der Waals surface area contributed by atoms with E-state index in [1.165, 1.54) is 0 Å². The number of nitrogens with zero attached hydrogens (tertiary/aromatic N) is 1. The fraction of sp³-hybridized carbons (Fsp3) is 0.643. The molecule has 6 heteroatoms. The van der Waals surface area contributed by atoms with Gasteiger partial charge in [0.15, 0.2) is 0 Å². The molecule has 1 aliphatic carbocycles. The molecule has 0 aromatic carbocycles. The number of carboxylic acid groups (broad SMARTS) is 1. The van der Waals surface area contributed by atoms with Crippen molar-refractivity contribution in [2.24, 2.45) is 11.8 Å². The minimum atomic E-state index is -0.790. The molecule has 3 unspecified atom stereocenters. The highest BCUT2D eigenvalue weighted by molar-refractivity contribution is 7.11. The van der Waals surface area contributed by atoms with Gasteiger partial charge in [-0.25, -0.2) is 4.98 Å². The van der Waals surface area contributed by atoms with Gasteiger partial charge in [-0.3, -0.25) is 9.59 Å². The van der Waals surface area contributed by atoms with Crippen molar-refractivity contribution in [3.63, 3.8) is 0 Å². The molecular weight excluding hydrogens is 276 g/mol. The van der Waals surface area contributed by atoms with Gasteiger partial charge >= 0.3 is 5.97 Å². The molecule has 1 aliphatic rings. The number of thiazole rings is 1. The summed E-state index contributed by atoms with van der Waals surface area (Å²) < 4.78 is 0. The van der Waals surface area contributed by atoms with Crippen LogP contribution in [-0.2, 0) is 9.59 Å². The Morgan fingerprint density at radius 1 is 1.35 bits per heavy atom. The molecule has 2 rings (SSSR count). The molecule has 0 spiro atoms. The quantitative estimate of drug-likeness (QED) is 0.894. The first-order valence-corrected chi connectivity index (χ1v) is 7.67. The number of carbonyl (C=O) groups excluding carboxylic acids is 1. The third kappa shape index (κ3) is 3.17. The van der Waals surface area contributed by atoms with Crippen LogP contribution in [0.3, 0.4) is 0 Å². The topological polar surface area (TPSA) is 79.3 Å². The molecule has 2 N–H and O–H groups in total. The van der Waals surface area contributed by atoms with Crippen molar-refractivity contribution in [3.05, 3.63) is 15.6 Å². The van der Waals surface area contributed by atoms with Crippen molar-refractivity contribution in [2.45, 2.75) is 46.1 Å². The minimum absolute atomic E-state index is 0.0355. The van der Waals surface area contributed by atoms with Crippen LogP contribution in [0.2, 0.25) is 0 Å². The highest BCUT2D eigenvalue weighted by Gasteiger charge is 2.34. The Morgan fingerprint density at radius 3 is 2.50 bits per heavy atom. The van der Waals surface area contributed by atoms with Crippen LogP contribution < -0.4 is 5.32 Å². The minimum Gasteiger partial charge on any atom is -0.481 e. The summed E-state index contributed by atoms with van der Waals surface area (Å²) >= 11 is 1.59. The third-order valence-electron chi connectivity index (χ3n) is 3.84. The van der Waals surface area contributed by atoms with Crippen molar-refractivity contribution < 1.29 is 14.7 Å². The maximum absolute atomic E-state index is 12.2. The molecule has 0 radical (unpaired) electrons. The number of amides is 1. The van der Waals surface area contributed by atoms with E-state index < -0.39 is 5.97 Å². The van der Waals surface area contributed by atoms with Gasteiger partial charge < -0.3 is 10.4 Å². The Morgan fingerprint density at radius 2 is 2.00 bits per heavy atom. The second-order valence-corrected chi connectivity index (χ2v) is 6.69. The lowest BCUT2D eigenvalue weighted by atomic mass is 10.0. The second kappa shape index (κ2) is 5.91. The largest absolute Gasteiger partial charge is 0.481 e. The fourth-order valence-electron chi connectivity index (χ4n) is 2.79. The Balaban J connectivity index is 1.95. The van der Waals surface area contributed by atoms with Gasteiger partial charge in [-0.15, -0.1) is 11.3 Å². The zero-order chi connectivity index (χ0) is 14.9. The number of aryl methyl sites for hydroxylation is 2. The van der Waals surface area contributed by atoms with Crippen molar-refractivity contribution in [3.8, 4) is 0 Å². The summed E-state index contributed by atoms with van der Waals surface area (Å²) in [5.41, 5.74) is 0.954. The monoisotopic (exact) mass is 296 g/mol. The van der Waals surface area contributed by atoms with E-state index in [4.69, 9.17) is 5.11 Å². The maximum Gasteiger partial charge on any atom is 0.306 e. The smallest absolute Gasteiger partial charge is 0.306 e. The van der Waals surface area contributed by atoms with Crippen LogP contribution in [0.1, 0.15) is 47.8 Å². The molecule has 20 heavy (non-hydrogen) atoms. The van der Waals surface area contributed by atoms with E-state index in [1.807, 2.05) is 20.8 Å². The molecular formula is C14H20N2O3S. The average molecular weight is 296 g/mol. The zero-order valence-corrected chi connectivity index (χ0v) is 12.8. The van der Waals surface area contributed by atoms with Gasteiger partial charge in [-0.1, -0.05) is 0 Å². The van der Waals surface area contributed by atoms with Gasteiger partial charge in [0.1, 0.15) is 0 Å². The van der Waals surface area contributed by atoms with E-state index in [0.717, 1.165) is 15.6 Å². The van der Waals surface area contributed by atoms with Crippen molar-refractivity contribution in [1.82, 2.24) is 10.3 Å². The Kier molecular flexibility index (Phi) is 4.42. The number of rotatable bonds is 4. The van der Waals surface area contributed by atoms with Gasteiger partial charge in [-0.05, 0) is 40.0 Å². The normalized spacial score (nSPS) is 23.6. The molecule has 0 saturated heterocycles. The van der Waals surface area contributed by atoms with Gasteiger partial charge in [0.05, 0.1) is 22.7 Å². The van der Waals surface area contributed by atoms with Crippen molar-refractivity contribution in [2.75, 3.05) is 0 Å². The van der Waals surface area contributed by atoms with E-state index in [0.29, 0.717) is 19.3 Å². The molecule has 1 saturated carbocycles. The lowest BCUT2D eigenvalue weighted by Crippen LogP contribution is -2.32. The van der Waals surface area contributed by atoms with Crippen LogP contribution in [0.5, 0.6) is 0 Å². The summed E-state index contributed by atoms with van der Waals surface area (Å²) in [7, 11) is 0. The highest BCUT2D eigenvalue weighted by atomic mass is 32.1. The van der Waals surface area contributed by atoms with E-state index in [1.54, 1.807) is 11.3 Å². The number of hydrogen-bond acceptors (Lipinski definition) is 4. The first-order valence-electron chi connectivity index (χ1n) is 6.85. The van der Waals surface area contributed by atoms with Crippen LogP contribution in [-0.4, -0.2) is 22.0 Å². The predicted octanol–water partition coefficient (Wildman–Crippen LogP) is 2.44. The molecule has 0 bridgehead atoms. The van der Waals surface area contributed by atoms with Crippen LogP contribution in [0.15, 0.2) is 0 Å². The molecule has 1 amide bonds. The SMILES string of the molecule is Cc1nc(C)c(C(C)NC(=O)C2CCC(C(=O)O)C2)s1. The van der Waals surface area contributed by atoms with E-state index in [2.05, 4.69) is 10.3 Å². The first-order chi connectivity index (χ1) is 9.38. The number of nitrogens with one attached hydrogen (secondary N) is 1. The summed E-state index contributed by atoms with van der Waals surface area (Å²) in [6.45, 7) is 5.84. The van der Waals surface area contributed by atoms with Crippen LogP contribution >= 0.6 is 11.3 Å². The second-order valence-electron chi connectivity index (χ2n) is 5.46. The molecule has 1 heterocycles. The van der Waals surface area contributed by atoms with Crippen molar-refractivity contribution >= 4 is 23.2 Å². The Labute approximate surface area is 122 Å². The summed E-state index contributed by atoms with van der Waals surface area (Å²) in [5.74, 6) is -1.37. The van der Waals surface area contributed by atoms with Crippen molar-refractivity contribution in [1.29, 1.82) is 0 Å². The highest BCUT2D eigenvalue weighted by Crippen LogP contribution is 2.32. The van der Waals surface area contributed by atoms with E-state index in [9.17, 15) is 9.59 Å². The number of aliphatic carboxylic acids is 1. The standard InChI is InChI=1S/C14H20N2O3S/c1-7-12(20-9(3)15-7)8(2)16-13(17)10-4-5-11(6-10)14(18)19/h8,10-11H,4-6H2,1-3H3,(H,16,17)(H,18,19). The molecule has 5 nitrogen and oxygen atoms in total. The van der Waals surface area contributed by atoms with Crippen LogP contribution in [0, 0.1) is 25.7 Å². The fourth-order valence-corrected chi connectivity index (χ4v) is 3.72. The predicted molar refractivity (Wildman–Crippen MR) is 76.6 cm³/mol. The molecule has 1 aromatic heterocycles. The number of aromatic nitrogens is 1. The maximum atomic E-state index is 12.2. The van der Waals surface area contributed by atoms with Gasteiger partial charge in [-0.2, -0.15) is 0 Å². The summed E-state index contributed by atoms with van der Waals surface area (Å²) in [6, 6.07) is -0.0717. The van der Waals surface area contributed by atoms with Gasteiger partial charge in [0.2, 0.25) is 5.91 Å². The molecule has 1 fully saturated rings. The van der Waals surface area contributed by atoms with Crippen LogP contribution in [0.4, 0.5) is 0 Å². The summed E-state index contributed by atoms with van der Waals surface area (Å²) in [4.78, 5) is 28.6. The van der Waals surface area contributed by atoms with E-state index >= 15 is 0 Å². The summed E-state index contributed by atoms with van der Waals surface area (Å²) in [6.07, 6.45) is 1.71. The van der Waals surface area contributed by atoms with E-state index in [-0.39, 0.29) is 23.8 Å². The van der Waals surface area contributed by atoms with Gasteiger partial charge in [0, 0.05) is 10.8 Å². The lowest BCUT2D eigenvalue weighted by Gasteiger charge is -2.16.